The van der Waals surface area contributed by atoms with E-state index in [1.165, 1.54) is 32.1 Å². The molecule has 1 saturated heterocycles. The Morgan fingerprint density at radius 3 is 1.63 bits per heavy atom. The summed E-state index contributed by atoms with van der Waals surface area (Å²) in [6, 6.07) is -0.752. The third kappa shape index (κ3) is 25.4. The van der Waals surface area contributed by atoms with Gasteiger partial charge in [-0.25, -0.2) is 0 Å². The van der Waals surface area contributed by atoms with Crippen LogP contribution in [-0.4, -0.2) is 87.5 Å². The van der Waals surface area contributed by atoms with Gasteiger partial charge in [-0.15, -0.1) is 0 Å². The Kier molecular flexibility index (Phi) is 31.9. The normalized spacial score (nSPS) is 22.4. The molecule has 54 heavy (non-hydrogen) atoms. The standard InChI is InChI=1S/C45H75NO8/c1-3-5-7-9-11-13-14-15-16-17-18-19-20-21-22-23-24-25-26-27-29-31-33-35-41(49)46-38(39(48)34-32-30-28-12-10-8-6-4-2)37-53-45-44(52)43(51)42(50)40(36-47)54-45/h5,7,11,13,15-16,18-19,21-22,24-25,27,29,38-40,42-45,47-48,50-52H,3-4,6,8-10,12,14,17,20,23,26,28,30-37H2,1-2H3,(H,46,49)/b7-5-,13-11-,16-15-,19-18-,22-21-,25-24-,29-27-. The number of hydrogen-bond acceptors (Lipinski definition) is 8. The highest BCUT2D eigenvalue weighted by atomic mass is 16.7. The third-order valence-corrected chi connectivity index (χ3v) is 9.26. The minimum atomic E-state index is -1.57. The van der Waals surface area contributed by atoms with Gasteiger partial charge in [0.25, 0.3) is 0 Å². The molecule has 7 atom stereocenters. The minimum absolute atomic E-state index is 0.168. The average Bonchev–Trinajstić information content (AvgIpc) is 3.17. The summed E-state index contributed by atoms with van der Waals surface area (Å²) in [7, 11) is 0. The summed E-state index contributed by atoms with van der Waals surface area (Å²) in [5, 5.41) is 53.9. The van der Waals surface area contributed by atoms with Gasteiger partial charge < -0.3 is 40.3 Å². The molecular weight excluding hydrogens is 682 g/mol. The Morgan fingerprint density at radius 2 is 1.13 bits per heavy atom. The second kappa shape index (κ2) is 34.8. The van der Waals surface area contributed by atoms with Crippen LogP contribution in [0.4, 0.5) is 0 Å². The molecule has 1 aliphatic rings. The summed E-state index contributed by atoms with van der Waals surface area (Å²) >= 11 is 0. The molecule has 0 spiro atoms. The highest BCUT2D eigenvalue weighted by molar-refractivity contribution is 5.76. The first-order chi connectivity index (χ1) is 26.3. The van der Waals surface area contributed by atoms with Crippen molar-refractivity contribution in [3.05, 3.63) is 85.1 Å². The number of rotatable bonds is 32. The van der Waals surface area contributed by atoms with Gasteiger partial charge in [0.05, 0.1) is 25.4 Å². The first-order valence-electron chi connectivity index (χ1n) is 20.8. The molecule has 0 saturated carbocycles. The van der Waals surface area contributed by atoms with Gasteiger partial charge in [0.1, 0.15) is 24.4 Å². The molecule has 1 fully saturated rings. The molecule has 0 aromatic rings. The van der Waals surface area contributed by atoms with Crippen molar-refractivity contribution in [3.63, 3.8) is 0 Å². The third-order valence-electron chi connectivity index (χ3n) is 9.26. The number of allylic oxidation sites excluding steroid dienone is 14. The van der Waals surface area contributed by atoms with Gasteiger partial charge >= 0.3 is 0 Å². The van der Waals surface area contributed by atoms with Gasteiger partial charge in [-0.1, -0.05) is 150 Å². The van der Waals surface area contributed by atoms with Crippen molar-refractivity contribution in [2.45, 2.75) is 179 Å². The zero-order valence-corrected chi connectivity index (χ0v) is 33.4. The number of aliphatic hydroxyl groups excluding tert-OH is 5. The van der Waals surface area contributed by atoms with Crippen LogP contribution in [0.5, 0.6) is 0 Å². The molecule has 0 aromatic heterocycles. The van der Waals surface area contributed by atoms with Crippen LogP contribution in [0.2, 0.25) is 0 Å². The first kappa shape index (κ1) is 49.4. The lowest BCUT2D eigenvalue weighted by Crippen LogP contribution is -2.60. The molecule has 1 rings (SSSR count). The topological polar surface area (TPSA) is 149 Å². The number of carbonyl (C=O) groups excluding carboxylic acids is 1. The molecule has 0 aliphatic carbocycles. The van der Waals surface area contributed by atoms with Crippen molar-refractivity contribution < 1.29 is 39.8 Å². The number of ether oxygens (including phenoxy) is 2. The average molecular weight is 758 g/mol. The van der Waals surface area contributed by atoms with Crippen LogP contribution < -0.4 is 5.32 Å². The molecular formula is C45H75NO8. The molecule has 1 aliphatic heterocycles. The zero-order valence-electron chi connectivity index (χ0n) is 33.4. The lowest BCUT2D eigenvalue weighted by molar-refractivity contribution is -0.302. The Hall–Kier alpha value is -2.63. The van der Waals surface area contributed by atoms with E-state index in [2.05, 4.69) is 104 Å². The molecule has 0 radical (unpaired) electrons. The van der Waals surface area contributed by atoms with Crippen molar-refractivity contribution in [2.75, 3.05) is 13.2 Å². The van der Waals surface area contributed by atoms with E-state index in [1.807, 2.05) is 0 Å². The highest BCUT2D eigenvalue weighted by Crippen LogP contribution is 2.23. The first-order valence-corrected chi connectivity index (χ1v) is 20.8. The number of unbranched alkanes of at least 4 members (excludes halogenated alkanes) is 8. The molecule has 7 unspecified atom stereocenters. The SMILES string of the molecule is CC/C=C\C/C=C\C/C=C\C/C=C\C/C=C\C/C=C\C/C=C\CCCC(=O)NC(COC1OC(CO)C(O)C(O)C1O)C(O)CCCCCCCCCC. The van der Waals surface area contributed by atoms with Gasteiger partial charge in [0.2, 0.25) is 5.91 Å². The monoisotopic (exact) mass is 758 g/mol. The molecule has 1 heterocycles. The highest BCUT2D eigenvalue weighted by Gasteiger charge is 2.44. The second-order valence-electron chi connectivity index (χ2n) is 14.1. The van der Waals surface area contributed by atoms with Gasteiger partial charge in [0, 0.05) is 6.42 Å². The van der Waals surface area contributed by atoms with Gasteiger partial charge in [0.15, 0.2) is 6.29 Å². The molecule has 308 valence electrons. The maximum atomic E-state index is 12.9. The quantitative estimate of drug-likeness (QED) is 0.0299. The van der Waals surface area contributed by atoms with Crippen LogP contribution >= 0.6 is 0 Å². The maximum Gasteiger partial charge on any atom is 0.220 e. The second-order valence-corrected chi connectivity index (χ2v) is 14.1. The van der Waals surface area contributed by atoms with Crippen molar-refractivity contribution in [2.24, 2.45) is 0 Å². The largest absolute Gasteiger partial charge is 0.394 e. The fourth-order valence-corrected chi connectivity index (χ4v) is 5.91. The van der Waals surface area contributed by atoms with Crippen LogP contribution in [-0.2, 0) is 14.3 Å². The number of nitrogens with one attached hydrogen (secondary N) is 1. The van der Waals surface area contributed by atoms with E-state index in [9.17, 15) is 30.3 Å². The van der Waals surface area contributed by atoms with Crippen molar-refractivity contribution >= 4 is 5.91 Å². The van der Waals surface area contributed by atoms with Crippen molar-refractivity contribution in [1.82, 2.24) is 5.32 Å². The van der Waals surface area contributed by atoms with E-state index < -0.39 is 49.5 Å². The van der Waals surface area contributed by atoms with Crippen LogP contribution in [0.1, 0.15) is 136 Å². The van der Waals surface area contributed by atoms with E-state index in [4.69, 9.17) is 9.47 Å². The Balaban J connectivity index is 2.37. The summed E-state index contributed by atoms with van der Waals surface area (Å²) < 4.78 is 11.2. The molecule has 6 N–H and O–H groups in total. The van der Waals surface area contributed by atoms with Crippen LogP contribution in [0, 0.1) is 0 Å². The summed E-state index contributed by atoms with van der Waals surface area (Å²) in [4.78, 5) is 12.9. The van der Waals surface area contributed by atoms with Crippen LogP contribution in [0.3, 0.4) is 0 Å². The van der Waals surface area contributed by atoms with E-state index in [-0.39, 0.29) is 18.9 Å². The minimum Gasteiger partial charge on any atom is -0.394 e. The van der Waals surface area contributed by atoms with Gasteiger partial charge in [-0.2, -0.15) is 0 Å². The Morgan fingerprint density at radius 1 is 0.648 bits per heavy atom. The molecule has 9 nitrogen and oxygen atoms in total. The lowest BCUT2D eigenvalue weighted by atomic mass is 9.99. The summed E-state index contributed by atoms with van der Waals surface area (Å²) in [5.41, 5.74) is 0. The van der Waals surface area contributed by atoms with E-state index in [0.717, 1.165) is 70.6 Å². The predicted octanol–water partition coefficient (Wildman–Crippen LogP) is 7.99. The Labute approximate surface area is 327 Å². The fraction of sp³-hybridized carbons (Fsp3) is 0.667. The van der Waals surface area contributed by atoms with Crippen LogP contribution in [0.15, 0.2) is 85.1 Å². The van der Waals surface area contributed by atoms with E-state index >= 15 is 0 Å². The number of carbonyl (C=O) groups is 1. The predicted molar refractivity (Wildman–Crippen MR) is 221 cm³/mol. The molecule has 0 bridgehead atoms. The van der Waals surface area contributed by atoms with E-state index in [1.54, 1.807) is 0 Å². The lowest BCUT2D eigenvalue weighted by Gasteiger charge is -2.40. The smallest absolute Gasteiger partial charge is 0.220 e. The van der Waals surface area contributed by atoms with E-state index in [0.29, 0.717) is 12.8 Å². The maximum absolute atomic E-state index is 12.9. The number of amides is 1. The summed E-state index contributed by atoms with van der Waals surface area (Å²) in [6.07, 6.45) is 40.4. The molecule has 9 heteroatoms. The van der Waals surface area contributed by atoms with Gasteiger partial charge in [-0.3, -0.25) is 4.79 Å². The summed E-state index contributed by atoms with van der Waals surface area (Å²) in [6.45, 7) is 3.61. The van der Waals surface area contributed by atoms with Crippen LogP contribution in [0.25, 0.3) is 0 Å². The van der Waals surface area contributed by atoms with Crippen molar-refractivity contribution in [1.29, 1.82) is 0 Å². The molecule has 0 aromatic carbocycles. The fourth-order valence-electron chi connectivity index (χ4n) is 5.91. The number of hydrogen-bond donors (Lipinski definition) is 6. The van der Waals surface area contributed by atoms with Gasteiger partial charge in [-0.05, 0) is 64.2 Å². The zero-order chi connectivity index (χ0) is 39.5. The number of aliphatic hydroxyl groups is 5. The Bertz CT molecular complexity index is 1110. The summed E-state index contributed by atoms with van der Waals surface area (Å²) in [5.74, 6) is -0.210. The molecule has 1 amide bonds. The van der Waals surface area contributed by atoms with Crippen molar-refractivity contribution in [3.8, 4) is 0 Å².